The van der Waals surface area contributed by atoms with Gasteiger partial charge < -0.3 is 14.4 Å². The second-order valence-corrected chi connectivity index (χ2v) is 5.35. The quantitative estimate of drug-likeness (QED) is 0.931. The molecule has 3 rings (SSSR count). The molecule has 106 valence electrons. The van der Waals surface area contributed by atoms with Gasteiger partial charge in [0.15, 0.2) is 0 Å². The van der Waals surface area contributed by atoms with E-state index in [1.807, 2.05) is 13.0 Å². The number of phenolic OH excluding ortho intramolecular Hbond substituents is 1. The molecular formula is C15H18N2O3. The average Bonchev–Trinajstić information content (AvgIpc) is 3.08. The van der Waals surface area contributed by atoms with E-state index in [4.69, 9.17) is 9.26 Å². The number of hydrogen-bond acceptors (Lipinski definition) is 5. The summed E-state index contributed by atoms with van der Waals surface area (Å²) in [5.41, 5.74) is 1.11. The molecule has 1 N–H and O–H groups in total. The summed E-state index contributed by atoms with van der Waals surface area (Å²) in [6.45, 7) is 1.92. The standard InChI is InChI=1S/C15H18N2O3/c1-10-5-6-11(12(18)9-10)13-16-14(17-20-13)15(19-2)7-3-4-8-15/h5-6,9,18H,3-4,7-8H2,1-2H3. The van der Waals surface area contributed by atoms with E-state index in [1.165, 1.54) is 0 Å². The number of rotatable bonds is 3. The zero-order chi connectivity index (χ0) is 14.2. The van der Waals surface area contributed by atoms with Crippen molar-refractivity contribution in [2.24, 2.45) is 0 Å². The summed E-state index contributed by atoms with van der Waals surface area (Å²) in [5.74, 6) is 1.06. The average molecular weight is 274 g/mol. The molecule has 0 spiro atoms. The second kappa shape index (κ2) is 4.90. The van der Waals surface area contributed by atoms with Crippen molar-refractivity contribution in [1.29, 1.82) is 0 Å². The summed E-state index contributed by atoms with van der Waals surface area (Å²) in [6, 6.07) is 5.37. The van der Waals surface area contributed by atoms with Gasteiger partial charge in [-0.2, -0.15) is 4.98 Å². The molecular weight excluding hydrogens is 256 g/mol. The molecule has 1 fully saturated rings. The molecule has 1 aliphatic rings. The molecule has 0 atom stereocenters. The molecule has 0 bridgehead atoms. The Morgan fingerprint density at radius 2 is 2.05 bits per heavy atom. The third-order valence-corrected chi connectivity index (χ3v) is 4.02. The fourth-order valence-electron chi connectivity index (χ4n) is 2.81. The molecule has 1 aliphatic carbocycles. The summed E-state index contributed by atoms with van der Waals surface area (Å²) >= 11 is 0. The second-order valence-electron chi connectivity index (χ2n) is 5.35. The number of aromatic nitrogens is 2. The number of aryl methyl sites for hydroxylation is 1. The van der Waals surface area contributed by atoms with Crippen LogP contribution in [0, 0.1) is 6.92 Å². The van der Waals surface area contributed by atoms with Gasteiger partial charge in [0.1, 0.15) is 11.4 Å². The molecule has 1 aromatic carbocycles. The first-order valence-corrected chi connectivity index (χ1v) is 6.84. The molecule has 0 aliphatic heterocycles. The fourth-order valence-corrected chi connectivity index (χ4v) is 2.81. The Hall–Kier alpha value is -1.88. The van der Waals surface area contributed by atoms with Crippen LogP contribution in [0.4, 0.5) is 0 Å². The Balaban J connectivity index is 1.97. The van der Waals surface area contributed by atoms with Crippen molar-refractivity contribution in [3.63, 3.8) is 0 Å². The highest BCUT2D eigenvalue weighted by Crippen LogP contribution is 2.41. The Morgan fingerprint density at radius 1 is 1.30 bits per heavy atom. The van der Waals surface area contributed by atoms with Crippen molar-refractivity contribution in [2.75, 3.05) is 7.11 Å². The Morgan fingerprint density at radius 3 is 2.70 bits per heavy atom. The minimum atomic E-state index is -0.429. The topological polar surface area (TPSA) is 68.4 Å². The largest absolute Gasteiger partial charge is 0.507 e. The highest BCUT2D eigenvalue weighted by Gasteiger charge is 2.40. The third kappa shape index (κ3) is 2.08. The lowest BCUT2D eigenvalue weighted by Crippen LogP contribution is -2.25. The van der Waals surface area contributed by atoms with Crippen molar-refractivity contribution in [1.82, 2.24) is 10.1 Å². The minimum absolute atomic E-state index is 0.151. The van der Waals surface area contributed by atoms with Gasteiger partial charge in [0.25, 0.3) is 5.89 Å². The maximum Gasteiger partial charge on any atom is 0.261 e. The predicted octanol–water partition coefficient (Wildman–Crippen LogP) is 3.17. The number of hydrogen-bond donors (Lipinski definition) is 1. The predicted molar refractivity (Wildman–Crippen MR) is 73.3 cm³/mol. The maximum absolute atomic E-state index is 9.98. The first-order chi connectivity index (χ1) is 9.64. The Labute approximate surface area is 117 Å². The first kappa shape index (κ1) is 13.1. The van der Waals surface area contributed by atoms with E-state index in [0.29, 0.717) is 17.3 Å². The SMILES string of the molecule is COC1(c2noc(-c3ccc(C)cc3O)n2)CCCC1. The molecule has 1 aromatic heterocycles. The van der Waals surface area contributed by atoms with E-state index in [9.17, 15) is 5.11 Å². The minimum Gasteiger partial charge on any atom is -0.507 e. The Bertz CT molecular complexity index is 615. The summed E-state index contributed by atoms with van der Waals surface area (Å²) < 4.78 is 10.9. The number of aromatic hydroxyl groups is 1. The van der Waals surface area contributed by atoms with Crippen LogP contribution in [-0.4, -0.2) is 22.4 Å². The zero-order valence-electron chi connectivity index (χ0n) is 11.7. The number of benzene rings is 1. The number of nitrogens with zero attached hydrogens (tertiary/aromatic N) is 2. The first-order valence-electron chi connectivity index (χ1n) is 6.84. The molecule has 1 heterocycles. The van der Waals surface area contributed by atoms with E-state index in [-0.39, 0.29) is 5.75 Å². The molecule has 1 saturated carbocycles. The van der Waals surface area contributed by atoms with E-state index in [0.717, 1.165) is 31.2 Å². The Kier molecular flexibility index (Phi) is 3.22. The lowest BCUT2D eigenvalue weighted by molar-refractivity contribution is -0.0178. The van der Waals surface area contributed by atoms with Crippen molar-refractivity contribution in [2.45, 2.75) is 38.2 Å². The molecule has 5 heteroatoms. The van der Waals surface area contributed by atoms with Crippen LogP contribution in [0.2, 0.25) is 0 Å². The summed E-state index contributed by atoms with van der Waals surface area (Å²) in [7, 11) is 1.69. The van der Waals surface area contributed by atoms with Crippen LogP contribution in [-0.2, 0) is 10.3 Å². The molecule has 2 aromatic rings. The molecule has 0 saturated heterocycles. The van der Waals surface area contributed by atoms with Crippen LogP contribution in [0.5, 0.6) is 5.75 Å². The van der Waals surface area contributed by atoms with Crippen molar-refractivity contribution < 1.29 is 14.4 Å². The summed E-state index contributed by atoms with van der Waals surface area (Å²) in [6.07, 6.45) is 4.02. The van der Waals surface area contributed by atoms with E-state index >= 15 is 0 Å². The van der Waals surface area contributed by atoms with Gasteiger partial charge in [0.2, 0.25) is 5.82 Å². The van der Waals surface area contributed by atoms with E-state index in [2.05, 4.69) is 10.1 Å². The van der Waals surface area contributed by atoms with E-state index in [1.54, 1.807) is 19.2 Å². The number of phenols is 1. The van der Waals surface area contributed by atoms with E-state index < -0.39 is 5.60 Å². The monoisotopic (exact) mass is 274 g/mol. The highest BCUT2D eigenvalue weighted by atomic mass is 16.5. The number of methoxy groups -OCH3 is 1. The molecule has 0 unspecified atom stereocenters. The lowest BCUT2D eigenvalue weighted by Gasteiger charge is -2.22. The van der Waals surface area contributed by atoms with Crippen LogP contribution in [0.1, 0.15) is 37.1 Å². The summed E-state index contributed by atoms with van der Waals surface area (Å²) in [5, 5.41) is 14.0. The van der Waals surface area contributed by atoms with Gasteiger partial charge in [-0.25, -0.2) is 0 Å². The van der Waals surface area contributed by atoms with Gasteiger partial charge in [0.05, 0.1) is 5.56 Å². The zero-order valence-corrected chi connectivity index (χ0v) is 11.7. The van der Waals surface area contributed by atoms with Gasteiger partial charge in [-0.3, -0.25) is 0 Å². The maximum atomic E-state index is 9.98. The van der Waals surface area contributed by atoms with Gasteiger partial charge in [-0.15, -0.1) is 0 Å². The molecule has 20 heavy (non-hydrogen) atoms. The molecule has 0 amide bonds. The van der Waals surface area contributed by atoms with Crippen LogP contribution >= 0.6 is 0 Å². The smallest absolute Gasteiger partial charge is 0.261 e. The molecule has 0 radical (unpaired) electrons. The number of ether oxygens (including phenoxy) is 1. The van der Waals surface area contributed by atoms with Gasteiger partial charge in [-0.1, -0.05) is 11.2 Å². The van der Waals surface area contributed by atoms with Gasteiger partial charge >= 0.3 is 0 Å². The van der Waals surface area contributed by atoms with Crippen LogP contribution in [0.3, 0.4) is 0 Å². The third-order valence-electron chi connectivity index (χ3n) is 4.02. The van der Waals surface area contributed by atoms with Crippen molar-refractivity contribution in [3.05, 3.63) is 29.6 Å². The van der Waals surface area contributed by atoms with Gasteiger partial charge in [0, 0.05) is 7.11 Å². The van der Waals surface area contributed by atoms with Crippen LogP contribution in [0.15, 0.2) is 22.7 Å². The van der Waals surface area contributed by atoms with Crippen LogP contribution in [0.25, 0.3) is 11.5 Å². The highest BCUT2D eigenvalue weighted by molar-refractivity contribution is 5.62. The normalized spacial score (nSPS) is 17.5. The summed E-state index contributed by atoms with van der Waals surface area (Å²) in [4.78, 5) is 4.43. The van der Waals surface area contributed by atoms with Crippen LogP contribution < -0.4 is 0 Å². The lowest BCUT2D eigenvalue weighted by atomic mass is 10.0. The molecule has 5 nitrogen and oxygen atoms in total. The van der Waals surface area contributed by atoms with Gasteiger partial charge in [-0.05, 0) is 50.3 Å². The van der Waals surface area contributed by atoms with Crippen molar-refractivity contribution >= 4 is 0 Å². The fraction of sp³-hybridized carbons (Fsp3) is 0.467. The van der Waals surface area contributed by atoms with Crippen molar-refractivity contribution in [3.8, 4) is 17.2 Å².